The molecule has 0 atom stereocenters. The van der Waals surface area contributed by atoms with Crippen LogP contribution in [-0.4, -0.2) is 17.5 Å². The SMILES string of the molecule is O=C(COC(c1ccccc1)c1ccccc1)Oc1ccccc1[N+](=O)[O-]. The smallest absolute Gasteiger partial charge is 0.337 e. The van der Waals surface area contributed by atoms with E-state index in [-0.39, 0.29) is 18.0 Å². The number of ether oxygens (including phenoxy) is 2. The molecular weight excluding hydrogens is 346 g/mol. The summed E-state index contributed by atoms with van der Waals surface area (Å²) in [6, 6.07) is 24.7. The van der Waals surface area contributed by atoms with Gasteiger partial charge in [0.05, 0.1) is 4.92 Å². The monoisotopic (exact) mass is 363 g/mol. The quantitative estimate of drug-likeness (QED) is 0.271. The molecule has 0 bridgehead atoms. The van der Waals surface area contributed by atoms with Gasteiger partial charge in [-0.1, -0.05) is 72.8 Å². The molecule has 0 N–H and O–H groups in total. The number of hydrogen-bond acceptors (Lipinski definition) is 5. The van der Waals surface area contributed by atoms with Gasteiger partial charge in [0.1, 0.15) is 12.7 Å². The van der Waals surface area contributed by atoms with Crippen molar-refractivity contribution in [2.75, 3.05) is 6.61 Å². The minimum Gasteiger partial charge on any atom is -0.417 e. The van der Waals surface area contributed by atoms with E-state index >= 15 is 0 Å². The minimum atomic E-state index is -0.707. The molecule has 0 fully saturated rings. The van der Waals surface area contributed by atoms with Crippen LogP contribution in [0.5, 0.6) is 5.75 Å². The topological polar surface area (TPSA) is 78.7 Å². The Morgan fingerprint density at radius 1 is 0.852 bits per heavy atom. The van der Waals surface area contributed by atoms with Gasteiger partial charge in [-0.3, -0.25) is 10.1 Å². The molecule has 0 spiro atoms. The lowest BCUT2D eigenvalue weighted by Gasteiger charge is -2.18. The van der Waals surface area contributed by atoms with Crippen LogP contribution in [0, 0.1) is 10.1 Å². The number of benzene rings is 3. The summed E-state index contributed by atoms with van der Waals surface area (Å²) in [4.78, 5) is 22.6. The van der Waals surface area contributed by atoms with Crippen LogP contribution in [0.25, 0.3) is 0 Å². The molecule has 6 nitrogen and oxygen atoms in total. The number of rotatable bonds is 7. The lowest BCUT2D eigenvalue weighted by atomic mass is 10.0. The van der Waals surface area contributed by atoms with Gasteiger partial charge in [0.15, 0.2) is 0 Å². The highest BCUT2D eigenvalue weighted by molar-refractivity contribution is 5.75. The lowest BCUT2D eigenvalue weighted by molar-refractivity contribution is -0.385. The van der Waals surface area contributed by atoms with Crippen LogP contribution in [0.1, 0.15) is 17.2 Å². The fourth-order valence-electron chi connectivity index (χ4n) is 2.64. The second-order valence-corrected chi connectivity index (χ2v) is 5.71. The molecule has 0 amide bonds. The maximum Gasteiger partial charge on any atom is 0.337 e. The highest BCUT2D eigenvalue weighted by atomic mass is 16.6. The first-order chi connectivity index (χ1) is 13.1. The Bertz CT molecular complexity index is 873. The van der Waals surface area contributed by atoms with Gasteiger partial charge in [0, 0.05) is 6.07 Å². The van der Waals surface area contributed by atoms with Gasteiger partial charge in [-0.2, -0.15) is 0 Å². The minimum absolute atomic E-state index is 0.105. The van der Waals surface area contributed by atoms with Crippen LogP contribution in [0.3, 0.4) is 0 Å². The van der Waals surface area contributed by atoms with Crippen molar-refractivity contribution in [3.8, 4) is 5.75 Å². The molecule has 3 aromatic rings. The van der Waals surface area contributed by atoms with Crippen molar-refractivity contribution in [3.63, 3.8) is 0 Å². The van der Waals surface area contributed by atoms with E-state index in [0.717, 1.165) is 11.1 Å². The second-order valence-electron chi connectivity index (χ2n) is 5.71. The van der Waals surface area contributed by atoms with Gasteiger partial charge >= 0.3 is 11.7 Å². The highest BCUT2D eigenvalue weighted by Gasteiger charge is 2.20. The molecule has 6 heteroatoms. The molecular formula is C21H17NO5. The zero-order chi connectivity index (χ0) is 19.1. The maximum absolute atomic E-state index is 12.2. The average Bonchev–Trinajstić information content (AvgIpc) is 2.70. The van der Waals surface area contributed by atoms with Crippen LogP contribution < -0.4 is 4.74 Å². The largest absolute Gasteiger partial charge is 0.417 e. The summed E-state index contributed by atoms with van der Waals surface area (Å²) in [5, 5.41) is 11.0. The van der Waals surface area contributed by atoms with Crippen molar-refractivity contribution in [2.45, 2.75) is 6.10 Å². The molecule has 0 aromatic heterocycles. The van der Waals surface area contributed by atoms with E-state index in [1.165, 1.54) is 18.2 Å². The Balaban J connectivity index is 1.73. The Labute approximate surface area is 156 Å². The zero-order valence-corrected chi connectivity index (χ0v) is 14.4. The van der Waals surface area contributed by atoms with Crippen LogP contribution in [0.15, 0.2) is 84.9 Å². The number of nitrogens with zero attached hydrogens (tertiary/aromatic N) is 1. The van der Waals surface area contributed by atoms with Gasteiger partial charge in [0.25, 0.3) is 0 Å². The second kappa shape index (κ2) is 8.73. The van der Waals surface area contributed by atoms with Crippen molar-refractivity contribution < 1.29 is 19.2 Å². The molecule has 0 unspecified atom stereocenters. The number of para-hydroxylation sites is 2. The maximum atomic E-state index is 12.2. The average molecular weight is 363 g/mol. The first kappa shape index (κ1) is 18.3. The molecule has 0 aliphatic carbocycles. The van der Waals surface area contributed by atoms with E-state index in [9.17, 15) is 14.9 Å². The normalized spacial score (nSPS) is 10.6. The summed E-state index contributed by atoms with van der Waals surface area (Å²) in [7, 11) is 0. The molecule has 3 rings (SSSR count). The van der Waals surface area contributed by atoms with Crippen LogP contribution in [0.4, 0.5) is 5.69 Å². The summed E-state index contributed by atoms with van der Waals surface area (Å²) in [6.07, 6.45) is -0.453. The summed E-state index contributed by atoms with van der Waals surface area (Å²) in [5.41, 5.74) is 1.51. The van der Waals surface area contributed by atoms with E-state index in [0.29, 0.717) is 0 Å². The highest BCUT2D eigenvalue weighted by Crippen LogP contribution is 2.28. The van der Waals surface area contributed by atoms with Crippen molar-refractivity contribution in [2.24, 2.45) is 0 Å². The summed E-state index contributed by atoms with van der Waals surface area (Å²) in [5.74, 6) is -0.812. The van der Waals surface area contributed by atoms with Gasteiger partial charge in [-0.25, -0.2) is 4.79 Å². The van der Waals surface area contributed by atoms with Crippen LogP contribution in [-0.2, 0) is 9.53 Å². The molecule has 0 saturated carbocycles. The molecule has 0 aliphatic heterocycles. The standard InChI is InChI=1S/C21H17NO5/c23-20(27-19-14-8-7-13-18(19)22(24)25)15-26-21(16-9-3-1-4-10-16)17-11-5-2-6-12-17/h1-14,21H,15H2. The lowest BCUT2D eigenvalue weighted by Crippen LogP contribution is -2.19. The van der Waals surface area contributed by atoms with E-state index in [4.69, 9.17) is 9.47 Å². The van der Waals surface area contributed by atoms with E-state index in [1.807, 2.05) is 60.7 Å². The van der Waals surface area contributed by atoms with Crippen LogP contribution >= 0.6 is 0 Å². The van der Waals surface area contributed by atoms with Gasteiger partial charge in [0.2, 0.25) is 5.75 Å². The zero-order valence-electron chi connectivity index (χ0n) is 14.4. The first-order valence-corrected chi connectivity index (χ1v) is 8.31. The molecule has 0 heterocycles. The van der Waals surface area contributed by atoms with E-state index < -0.39 is 17.0 Å². The van der Waals surface area contributed by atoms with Crippen LogP contribution in [0.2, 0.25) is 0 Å². The van der Waals surface area contributed by atoms with Gasteiger partial charge in [-0.15, -0.1) is 0 Å². The summed E-state index contributed by atoms with van der Waals surface area (Å²) >= 11 is 0. The molecule has 3 aromatic carbocycles. The third kappa shape index (κ3) is 4.77. The first-order valence-electron chi connectivity index (χ1n) is 8.31. The fraction of sp³-hybridized carbons (Fsp3) is 0.0952. The molecule has 0 saturated heterocycles. The Kier molecular flexibility index (Phi) is 5.91. The molecule has 27 heavy (non-hydrogen) atoms. The molecule has 136 valence electrons. The third-order valence-corrected chi connectivity index (χ3v) is 3.86. The summed E-state index contributed by atoms with van der Waals surface area (Å²) < 4.78 is 10.9. The van der Waals surface area contributed by atoms with Gasteiger partial charge in [-0.05, 0) is 17.2 Å². The van der Waals surface area contributed by atoms with Crippen molar-refractivity contribution in [3.05, 3.63) is 106 Å². The summed E-state index contributed by atoms with van der Waals surface area (Å²) in [6.45, 7) is -0.347. The molecule has 0 radical (unpaired) electrons. The third-order valence-electron chi connectivity index (χ3n) is 3.86. The number of hydrogen-bond donors (Lipinski definition) is 0. The van der Waals surface area contributed by atoms with Crippen molar-refractivity contribution in [1.29, 1.82) is 0 Å². The fourth-order valence-corrected chi connectivity index (χ4v) is 2.64. The number of carbonyl (C=O) groups is 1. The molecule has 0 aliphatic rings. The number of nitro groups is 1. The van der Waals surface area contributed by atoms with Crippen molar-refractivity contribution in [1.82, 2.24) is 0 Å². The predicted octanol–water partition coefficient (Wildman–Crippen LogP) is 4.31. The van der Waals surface area contributed by atoms with Crippen molar-refractivity contribution >= 4 is 11.7 Å². The number of nitro benzene ring substituents is 1. The van der Waals surface area contributed by atoms with E-state index in [1.54, 1.807) is 6.07 Å². The number of carbonyl (C=O) groups excluding carboxylic acids is 1. The number of esters is 1. The van der Waals surface area contributed by atoms with Gasteiger partial charge < -0.3 is 9.47 Å². The van der Waals surface area contributed by atoms with E-state index in [2.05, 4.69) is 0 Å². The predicted molar refractivity (Wildman–Crippen MR) is 99.4 cm³/mol. The Morgan fingerprint density at radius 2 is 1.37 bits per heavy atom. The Hall–Kier alpha value is -3.51. The Morgan fingerprint density at radius 3 is 1.93 bits per heavy atom.